The van der Waals surface area contributed by atoms with Gasteiger partial charge in [-0.25, -0.2) is 4.98 Å². The molecule has 0 amide bonds. The summed E-state index contributed by atoms with van der Waals surface area (Å²) < 4.78 is 6.93. The number of fused-ring (bicyclic) bond motifs is 1. The van der Waals surface area contributed by atoms with Crippen LogP contribution in [0.1, 0.15) is 36.9 Å². The van der Waals surface area contributed by atoms with Crippen LogP contribution in [0.5, 0.6) is 0 Å². The number of aromatic nitrogens is 3. The molecule has 7 heteroatoms. The first-order valence-corrected chi connectivity index (χ1v) is 9.25. The Kier molecular flexibility index (Phi) is 4.17. The van der Waals surface area contributed by atoms with E-state index in [4.69, 9.17) is 4.74 Å². The molecule has 1 aliphatic heterocycles. The van der Waals surface area contributed by atoms with Gasteiger partial charge in [0.1, 0.15) is 5.01 Å². The topological polar surface area (TPSA) is 59.7 Å². The van der Waals surface area contributed by atoms with Crippen LogP contribution in [0, 0.1) is 5.92 Å². The van der Waals surface area contributed by atoms with Crippen molar-refractivity contribution in [2.24, 2.45) is 5.92 Å². The number of hydrogen-bond acceptors (Lipinski definition) is 6. The second kappa shape index (κ2) is 6.30. The van der Waals surface area contributed by atoms with Crippen molar-refractivity contribution in [3.63, 3.8) is 0 Å². The highest BCUT2D eigenvalue weighted by atomic mass is 32.1. The zero-order valence-corrected chi connectivity index (χ0v) is 14.2. The van der Waals surface area contributed by atoms with E-state index >= 15 is 0 Å². The number of hydrogen-bond donors (Lipinski definition) is 0. The van der Waals surface area contributed by atoms with Crippen molar-refractivity contribution in [1.29, 1.82) is 0 Å². The van der Waals surface area contributed by atoms with Crippen LogP contribution in [0.3, 0.4) is 0 Å². The second-order valence-electron chi connectivity index (χ2n) is 6.52. The molecule has 0 spiro atoms. The Morgan fingerprint density at radius 3 is 3.00 bits per heavy atom. The SMILES string of the molecule is CCc1nn2c(=O)cc(CN(CC3CCOC3)C3CC3)nc2s1. The molecule has 2 aromatic rings. The van der Waals surface area contributed by atoms with Crippen LogP contribution in [-0.4, -0.2) is 45.3 Å². The zero-order chi connectivity index (χ0) is 15.8. The van der Waals surface area contributed by atoms with Crippen molar-refractivity contribution < 1.29 is 4.74 Å². The number of rotatable bonds is 6. The maximum atomic E-state index is 12.3. The molecule has 1 unspecified atom stereocenters. The summed E-state index contributed by atoms with van der Waals surface area (Å²) in [6, 6.07) is 2.30. The van der Waals surface area contributed by atoms with Gasteiger partial charge in [0.25, 0.3) is 5.56 Å². The Morgan fingerprint density at radius 1 is 1.43 bits per heavy atom. The highest BCUT2D eigenvalue weighted by Gasteiger charge is 2.32. The van der Waals surface area contributed by atoms with Crippen molar-refractivity contribution >= 4 is 16.3 Å². The van der Waals surface area contributed by atoms with Crippen LogP contribution in [0.2, 0.25) is 0 Å². The van der Waals surface area contributed by atoms with Gasteiger partial charge in [-0.3, -0.25) is 9.69 Å². The molecule has 1 aliphatic carbocycles. The van der Waals surface area contributed by atoms with Crippen LogP contribution in [0.25, 0.3) is 4.96 Å². The Bertz CT molecular complexity index is 746. The van der Waals surface area contributed by atoms with Crippen molar-refractivity contribution in [1.82, 2.24) is 19.5 Å². The summed E-state index contributed by atoms with van der Waals surface area (Å²) in [6.45, 7) is 5.60. The third kappa shape index (κ3) is 3.32. The fourth-order valence-corrected chi connectivity index (χ4v) is 4.03. The molecule has 2 aromatic heterocycles. The van der Waals surface area contributed by atoms with E-state index in [1.54, 1.807) is 6.07 Å². The minimum atomic E-state index is -0.0686. The quantitative estimate of drug-likeness (QED) is 0.805. The fourth-order valence-electron chi connectivity index (χ4n) is 3.17. The predicted molar refractivity (Wildman–Crippen MR) is 88.9 cm³/mol. The van der Waals surface area contributed by atoms with Crippen LogP contribution in [-0.2, 0) is 17.7 Å². The molecule has 2 aliphatic rings. The molecular weight excluding hydrogens is 312 g/mol. The Labute approximate surface area is 139 Å². The third-order valence-electron chi connectivity index (χ3n) is 4.59. The molecule has 0 N–H and O–H groups in total. The standard InChI is InChI=1S/C16H22N4O2S/c1-2-14-18-20-15(21)7-12(17-16(20)23-14)9-19(13-3-4-13)8-11-5-6-22-10-11/h7,11,13H,2-6,8-10H2,1H3. The minimum Gasteiger partial charge on any atom is -0.381 e. The van der Waals surface area contributed by atoms with Gasteiger partial charge >= 0.3 is 0 Å². The predicted octanol–water partition coefficient (Wildman–Crippen LogP) is 1.71. The van der Waals surface area contributed by atoms with Crippen molar-refractivity contribution in [3.8, 4) is 0 Å². The molecule has 1 saturated heterocycles. The number of ether oxygens (including phenoxy) is 1. The van der Waals surface area contributed by atoms with E-state index in [2.05, 4.69) is 15.0 Å². The summed E-state index contributed by atoms with van der Waals surface area (Å²) in [5, 5.41) is 5.26. The van der Waals surface area contributed by atoms with E-state index in [1.807, 2.05) is 6.92 Å². The lowest BCUT2D eigenvalue weighted by atomic mass is 10.1. The molecule has 0 radical (unpaired) electrons. The third-order valence-corrected chi connectivity index (χ3v) is 5.64. The van der Waals surface area contributed by atoms with Gasteiger partial charge in [0.2, 0.25) is 4.96 Å². The average Bonchev–Trinajstić information content (AvgIpc) is 3.09. The summed E-state index contributed by atoms with van der Waals surface area (Å²) >= 11 is 1.51. The lowest BCUT2D eigenvalue weighted by Gasteiger charge is -2.24. The van der Waals surface area contributed by atoms with E-state index in [9.17, 15) is 4.79 Å². The fraction of sp³-hybridized carbons (Fsp3) is 0.688. The summed E-state index contributed by atoms with van der Waals surface area (Å²) in [4.78, 5) is 20.1. The van der Waals surface area contributed by atoms with Gasteiger partial charge in [0, 0.05) is 31.8 Å². The molecule has 23 heavy (non-hydrogen) atoms. The monoisotopic (exact) mass is 334 g/mol. The van der Waals surface area contributed by atoms with Crippen LogP contribution in [0.15, 0.2) is 10.9 Å². The summed E-state index contributed by atoms with van der Waals surface area (Å²) in [5.74, 6) is 0.621. The highest BCUT2D eigenvalue weighted by molar-refractivity contribution is 7.16. The Balaban J connectivity index is 1.56. The number of aryl methyl sites for hydroxylation is 1. The van der Waals surface area contributed by atoms with Gasteiger partial charge in [-0.15, -0.1) is 0 Å². The van der Waals surface area contributed by atoms with E-state index in [0.29, 0.717) is 16.9 Å². The van der Waals surface area contributed by atoms with E-state index in [0.717, 1.165) is 49.8 Å². The molecule has 124 valence electrons. The van der Waals surface area contributed by atoms with Crippen molar-refractivity contribution in [2.75, 3.05) is 19.8 Å². The average molecular weight is 334 g/mol. The van der Waals surface area contributed by atoms with Gasteiger partial charge in [-0.2, -0.15) is 9.61 Å². The van der Waals surface area contributed by atoms with E-state index in [1.165, 1.54) is 28.7 Å². The lowest BCUT2D eigenvalue weighted by Crippen LogP contribution is -2.32. The summed E-state index contributed by atoms with van der Waals surface area (Å²) in [7, 11) is 0. The van der Waals surface area contributed by atoms with Gasteiger partial charge in [0.15, 0.2) is 0 Å². The van der Waals surface area contributed by atoms with Gasteiger partial charge < -0.3 is 4.74 Å². The van der Waals surface area contributed by atoms with Gasteiger partial charge in [-0.05, 0) is 31.6 Å². The molecular formula is C16H22N4O2S. The molecule has 4 rings (SSSR count). The molecule has 1 atom stereocenters. The normalized spacial score (nSPS) is 21.6. The van der Waals surface area contributed by atoms with Crippen LogP contribution >= 0.6 is 11.3 Å². The van der Waals surface area contributed by atoms with Gasteiger partial charge in [-0.1, -0.05) is 18.3 Å². The molecule has 2 fully saturated rings. The number of nitrogens with zero attached hydrogens (tertiary/aromatic N) is 4. The lowest BCUT2D eigenvalue weighted by molar-refractivity contribution is 0.161. The first-order valence-electron chi connectivity index (χ1n) is 8.43. The highest BCUT2D eigenvalue weighted by Crippen LogP contribution is 2.30. The minimum absolute atomic E-state index is 0.0686. The molecule has 6 nitrogen and oxygen atoms in total. The van der Waals surface area contributed by atoms with E-state index in [-0.39, 0.29) is 5.56 Å². The van der Waals surface area contributed by atoms with Gasteiger partial charge in [0.05, 0.1) is 12.3 Å². The van der Waals surface area contributed by atoms with Crippen molar-refractivity contribution in [2.45, 2.75) is 45.2 Å². The second-order valence-corrected chi connectivity index (χ2v) is 7.56. The molecule has 0 aromatic carbocycles. The summed E-state index contributed by atoms with van der Waals surface area (Å²) in [5.41, 5.74) is 0.799. The molecule has 1 saturated carbocycles. The molecule has 0 bridgehead atoms. The van der Waals surface area contributed by atoms with Crippen molar-refractivity contribution in [3.05, 3.63) is 27.1 Å². The zero-order valence-electron chi connectivity index (χ0n) is 13.4. The maximum Gasteiger partial charge on any atom is 0.275 e. The largest absolute Gasteiger partial charge is 0.381 e. The molecule has 3 heterocycles. The summed E-state index contributed by atoms with van der Waals surface area (Å²) in [6.07, 6.45) is 4.50. The first-order chi connectivity index (χ1) is 11.2. The van der Waals surface area contributed by atoms with E-state index < -0.39 is 0 Å². The maximum absolute atomic E-state index is 12.3. The smallest absolute Gasteiger partial charge is 0.275 e. The first kappa shape index (κ1) is 15.2. The Hall–Kier alpha value is -1.31. The van der Waals surface area contributed by atoms with Crippen LogP contribution < -0.4 is 5.56 Å². The van der Waals surface area contributed by atoms with Crippen LogP contribution in [0.4, 0.5) is 0 Å². The Morgan fingerprint density at radius 2 is 2.30 bits per heavy atom.